The van der Waals surface area contributed by atoms with Crippen LogP contribution in [0.4, 0.5) is 10.1 Å². The number of phenolic OH excluding ortho intramolecular Hbond substituents is 1. The maximum absolute atomic E-state index is 14.6. The molecule has 0 bridgehead atoms. The Balaban J connectivity index is 1.90. The molecule has 1 aliphatic rings. The Labute approximate surface area is 187 Å². The van der Waals surface area contributed by atoms with Crippen molar-refractivity contribution < 1.29 is 14.2 Å². The summed E-state index contributed by atoms with van der Waals surface area (Å²) in [6, 6.07) is 16.1. The Morgan fingerprint density at radius 1 is 1.09 bits per heavy atom. The molecule has 4 rings (SSSR count). The number of methoxy groups -OCH3 is 1. The molecule has 6 heteroatoms. The molecule has 0 aromatic heterocycles. The second kappa shape index (κ2) is 8.89. The number of halogens is 1. The number of hydrogen-bond donors (Lipinski definition) is 2. The number of nitriles is 1. The average molecular weight is 432 g/mol. The number of hydrogen-bond acceptors (Lipinski definition) is 5. The molecule has 0 amide bonds. The highest BCUT2D eigenvalue weighted by Gasteiger charge is 2.22. The van der Waals surface area contributed by atoms with Crippen LogP contribution in [0.3, 0.4) is 0 Å². The molecular weight excluding hydrogens is 405 g/mol. The lowest BCUT2D eigenvalue weighted by molar-refractivity contribution is 0.373. The standard InChI is InChI=1S/C26H26FN3O2/c1-16-23(30-11-9-20(29)10-12-30)7-6-21(17-5-8-25(32-2)24(31)14-17)26(16)18-3-4-19(15-28)22(27)13-18/h3-8,13-14,20,31H,9-12,29H2,1-2H3. The highest BCUT2D eigenvalue weighted by Crippen LogP contribution is 2.42. The zero-order valence-corrected chi connectivity index (χ0v) is 18.2. The van der Waals surface area contributed by atoms with Crippen LogP contribution in [0.25, 0.3) is 22.3 Å². The van der Waals surface area contributed by atoms with E-state index in [0.29, 0.717) is 11.3 Å². The van der Waals surface area contributed by atoms with Crippen LogP contribution >= 0.6 is 0 Å². The van der Waals surface area contributed by atoms with Gasteiger partial charge < -0.3 is 20.5 Å². The molecule has 1 aliphatic heterocycles. The molecule has 0 aliphatic carbocycles. The van der Waals surface area contributed by atoms with E-state index in [2.05, 4.69) is 11.0 Å². The monoisotopic (exact) mass is 431 g/mol. The van der Waals surface area contributed by atoms with Crippen molar-refractivity contribution in [1.29, 1.82) is 5.26 Å². The summed E-state index contributed by atoms with van der Waals surface area (Å²) in [5.74, 6) is -0.131. The zero-order chi connectivity index (χ0) is 22.8. The second-order valence-electron chi connectivity index (χ2n) is 8.15. The van der Waals surface area contributed by atoms with Crippen LogP contribution in [0.2, 0.25) is 0 Å². The minimum absolute atomic E-state index is 0.0104. The maximum atomic E-state index is 14.6. The van der Waals surface area contributed by atoms with Gasteiger partial charge in [0.1, 0.15) is 11.9 Å². The molecule has 1 heterocycles. The fourth-order valence-corrected chi connectivity index (χ4v) is 4.41. The number of anilines is 1. The van der Waals surface area contributed by atoms with Crippen molar-refractivity contribution in [2.45, 2.75) is 25.8 Å². The van der Waals surface area contributed by atoms with Crippen molar-refractivity contribution >= 4 is 5.69 Å². The van der Waals surface area contributed by atoms with Crippen LogP contribution in [0, 0.1) is 24.1 Å². The van der Waals surface area contributed by atoms with Gasteiger partial charge in [-0.2, -0.15) is 5.26 Å². The van der Waals surface area contributed by atoms with E-state index in [9.17, 15) is 9.50 Å². The number of rotatable bonds is 4. The van der Waals surface area contributed by atoms with Crippen LogP contribution < -0.4 is 15.4 Å². The predicted octanol–water partition coefficient (Wildman–Crippen LogP) is 4.98. The Bertz CT molecular complexity index is 1190. The van der Waals surface area contributed by atoms with Crippen LogP contribution in [0.15, 0.2) is 48.5 Å². The number of aromatic hydroxyl groups is 1. The summed E-state index contributed by atoms with van der Waals surface area (Å²) in [5, 5.41) is 19.5. The molecule has 0 radical (unpaired) electrons. The van der Waals surface area contributed by atoms with Crippen LogP contribution in [-0.2, 0) is 0 Å². The first-order valence-electron chi connectivity index (χ1n) is 10.6. The van der Waals surface area contributed by atoms with Gasteiger partial charge in [-0.3, -0.25) is 0 Å². The topological polar surface area (TPSA) is 82.5 Å². The third-order valence-electron chi connectivity index (χ3n) is 6.18. The van der Waals surface area contributed by atoms with E-state index >= 15 is 0 Å². The summed E-state index contributed by atoms with van der Waals surface area (Å²) in [6.07, 6.45) is 1.85. The van der Waals surface area contributed by atoms with Crippen molar-refractivity contribution in [3.05, 3.63) is 65.5 Å². The van der Waals surface area contributed by atoms with E-state index in [1.54, 1.807) is 18.2 Å². The Morgan fingerprint density at radius 3 is 2.44 bits per heavy atom. The molecule has 32 heavy (non-hydrogen) atoms. The van der Waals surface area contributed by atoms with Gasteiger partial charge in [-0.05, 0) is 77.9 Å². The molecule has 3 aromatic carbocycles. The summed E-state index contributed by atoms with van der Waals surface area (Å²) in [6.45, 7) is 3.76. The fraction of sp³-hybridized carbons (Fsp3) is 0.269. The van der Waals surface area contributed by atoms with E-state index in [-0.39, 0.29) is 17.4 Å². The van der Waals surface area contributed by atoms with Gasteiger partial charge in [0.2, 0.25) is 0 Å². The van der Waals surface area contributed by atoms with E-state index < -0.39 is 5.82 Å². The summed E-state index contributed by atoms with van der Waals surface area (Å²) in [5.41, 5.74) is 11.4. The molecule has 3 N–H and O–H groups in total. The van der Waals surface area contributed by atoms with E-state index in [1.807, 2.05) is 25.1 Å². The van der Waals surface area contributed by atoms with Gasteiger partial charge in [0.15, 0.2) is 11.5 Å². The average Bonchev–Trinajstić information content (AvgIpc) is 2.79. The smallest absolute Gasteiger partial charge is 0.160 e. The maximum Gasteiger partial charge on any atom is 0.160 e. The molecule has 1 saturated heterocycles. The SMILES string of the molecule is COc1ccc(-c2ccc(N3CCC(N)CC3)c(C)c2-c2ccc(C#N)c(F)c2)cc1O. The van der Waals surface area contributed by atoms with Crippen LogP contribution in [0.5, 0.6) is 11.5 Å². The second-order valence-corrected chi connectivity index (χ2v) is 8.15. The van der Waals surface area contributed by atoms with Crippen molar-refractivity contribution in [3.63, 3.8) is 0 Å². The largest absolute Gasteiger partial charge is 0.504 e. The van der Waals surface area contributed by atoms with Gasteiger partial charge >= 0.3 is 0 Å². The third kappa shape index (κ3) is 4.00. The van der Waals surface area contributed by atoms with Crippen molar-refractivity contribution in [3.8, 4) is 39.8 Å². The lowest BCUT2D eigenvalue weighted by Gasteiger charge is -2.34. The lowest BCUT2D eigenvalue weighted by atomic mass is 9.88. The van der Waals surface area contributed by atoms with Crippen molar-refractivity contribution in [1.82, 2.24) is 0 Å². The van der Waals surface area contributed by atoms with Crippen LogP contribution in [-0.4, -0.2) is 31.3 Å². The highest BCUT2D eigenvalue weighted by atomic mass is 19.1. The number of nitrogens with zero attached hydrogens (tertiary/aromatic N) is 2. The summed E-state index contributed by atoms with van der Waals surface area (Å²) in [7, 11) is 1.50. The number of ether oxygens (including phenoxy) is 1. The van der Waals surface area contributed by atoms with Crippen LogP contribution in [0.1, 0.15) is 24.0 Å². The van der Waals surface area contributed by atoms with Crippen molar-refractivity contribution in [2.24, 2.45) is 5.73 Å². The van der Waals surface area contributed by atoms with E-state index in [0.717, 1.165) is 53.9 Å². The Kier molecular flexibility index (Phi) is 6.02. The molecule has 1 fully saturated rings. The molecular formula is C26H26FN3O2. The Hall–Kier alpha value is -3.56. The molecule has 164 valence electrons. The van der Waals surface area contributed by atoms with E-state index in [4.69, 9.17) is 15.7 Å². The minimum Gasteiger partial charge on any atom is -0.504 e. The number of piperidine rings is 1. The van der Waals surface area contributed by atoms with Crippen molar-refractivity contribution in [2.75, 3.05) is 25.1 Å². The summed E-state index contributed by atoms with van der Waals surface area (Å²) in [4.78, 5) is 2.32. The first-order valence-corrected chi connectivity index (χ1v) is 10.6. The third-order valence-corrected chi connectivity index (χ3v) is 6.18. The lowest BCUT2D eigenvalue weighted by Crippen LogP contribution is -2.40. The first-order chi connectivity index (χ1) is 15.4. The Morgan fingerprint density at radius 2 is 1.81 bits per heavy atom. The highest BCUT2D eigenvalue weighted by molar-refractivity contribution is 5.90. The van der Waals surface area contributed by atoms with E-state index in [1.165, 1.54) is 19.2 Å². The fourth-order valence-electron chi connectivity index (χ4n) is 4.41. The molecule has 0 unspecified atom stereocenters. The molecule has 0 saturated carbocycles. The summed E-state index contributed by atoms with van der Waals surface area (Å²) < 4.78 is 19.7. The normalized spacial score (nSPS) is 14.3. The summed E-state index contributed by atoms with van der Waals surface area (Å²) >= 11 is 0. The number of benzene rings is 3. The van der Waals surface area contributed by atoms with Gasteiger partial charge in [-0.1, -0.05) is 18.2 Å². The first kappa shape index (κ1) is 21.7. The number of nitrogens with two attached hydrogens (primary N) is 1. The minimum atomic E-state index is -0.553. The number of phenols is 1. The molecule has 5 nitrogen and oxygen atoms in total. The van der Waals surface area contributed by atoms with Gasteiger partial charge in [0, 0.05) is 24.8 Å². The quantitative estimate of drug-likeness (QED) is 0.609. The zero-order valence-electron chi connectivity index (χ0n) is 18.2. The predicted molar refractivity (Wildman–Crippen MR) is 124 cm³/mol. The van der Waals surface area contributed by atoms with Gasteiger partial charge in [-0.15, -0.1) is 0 Å². The van der Waals surface area contributed by atoms with Gasteiger partial charge in [-0.25, -0.2) is 4.39 Å². The molecule has 0 spiro atoms. The van der Waals surface area contributed by atoms with Gasteiger partial charge in [0.05, 0.1) is 12.7 Å². The molecule has 0 atom stereocenters. The molecule has 3 aromatic rings. The van der Waals surface area contributed by atoms with Gasteiger partial charge in [0.25, 0.3) is 0 Å².